The van der Waals surface area contributed by atoms with Gasteiger partial charge in [-0.25, -0.2) is 5.43 Å². The van der Waals surface area contributed by atoms with Crippen molar-refractivity contribution < 1.29 is 19.1 Å². The van der Waals surface area contributed by atoms with Crippen LogP contribution in [0.2, 0.25) is 0 Å². The molecule has 0 bridgehead atoms. The van der Waals surface area contributed by atoms with Crippen molar-refractivity contribution in [1.29, 1.82) is 0 Å². The molecule has 0 aliphatic carbocycles. The predicted molar refractivity (Wildman–Crippen MR) is 103 cm³/mol. The number of hydrogen-bond acceptors (Lipinski definition) is 5. The summed E-state index contributed by atoms with van der Waals surface area (Å²) in [6.07, 6.45) is 2.18. The van der Waals surface area contributed by atoms with E-state index in [1.165, 1.54) is 6.21 Å². The number of ether oxygens (including phenoxy) is 2. The molecule has 142 valence electrons. The van der Waals surface area contributed by atoms with Gasteiger partial charge in [0.1, 0.15) is 6.61 Å². The number of hydrogen-bond donors (Lipinski definition) is 2. The first kappa shape index (κ1) is 20.0. The first-order chi connectivity index (χ1) is 13.1. The molecular formula is C20H23N3O4. The van der Waals surface area contributed by atoms with Gasteiger partial charge < -0.3 is 14.8 Å². The van der Waals surface area contributed by atoms with Crippen LogP contribution >= 0.6 is 0 Å². The van der Waals surface area contributed by atoms with Crippen LogP contribution in [0.15, 0.2) is 53.6 Å². The van der Waals surface area contributed by atoms with Crippen LogP contribution < -0.4 is 20.2 Å². The zero-order valence-electron chi connectivity index (χ0n) is 15.4. The Balaban J connectivity index is 1.94. The lowest BCUT2D eigenvalue weighted by atomic mass is 10.2. The van der Waals surface area contributed by atoms with Crippen molar-refractivity contribution in [3.05, 3.63) is 59.7 Å². The van der Waals surface area contributed by atoms with Gasteiger partial charge in [0.15, 0.2) is 11.5 Å². The maximum atomic E-state index is 11.6. The summed E-state index contributed by atoms with van der Waals surface area (Å²) in [4.78, 5) is 23.0. The minimum absolute atomic E-state index is 0.424. The molecule has 2 rings (SSSR count). The van der Waals surface area contributed by atoms with E-state index in [-0.39, 0.29) is 0 Å². The molecule has 2 amide bonds. The summed E-state index contributed by atoms with van der Waals surface area (Å²) >= 11 is 0. The number of nitrogens with zero attached hydrogens (tertiary/aromatic N) is 1. The largest absolute Gasteiger partial charge is 0.493 e. The van der Waals surface area contributed by atoms with Gasteiger partial charge in [-0.1, -0.05) is 37.3 Å². The highest BCUT2D eigenvalue weighted by Crippen LogP contribution is 2.28. The number of methoxy groups -OCH3 is 1. The fraction of sp³-hybridized carbons (Fsp3) is 0.250. The zero-order chi connectivity index (χ0) is 19.5. The van der Waals surface area contributed by atoms with E-state index in [2.05, 4.69) is 15.8 Å². The Morgan fingerprint density at radius 2 is 1.85 bits per heavy atom. The van der Waals surface area contributed by atoms with Gasteiger partial charge in [-0.15, -0.1) is 0 Å². The maximum absolute atomic E-state index is 11.6. The average Bonchev–Trinajstić information content (AvgIpc) is 2.71. The monoisotopic (exact) mass is 369 g/mol. The molecule has 0 aliphatic heterocycles. The average molecular weight is 369 g/mol. The highest BCUT2D eigenvalue weighted by atomic mass is 16.5. The van der Waals surface area contributed by atoms with Crippen molar-refractivity contribution in [3.8, 4) is 11.5 Å². The topological polar surface area (TPSA) is 89.0 Å². The SMILES string of the molecule is CCCNC(=O)C(=O)N/N=C\c1ccc(OCc2ccccc2)c(OC)c1. The van der Waals surface area contributed by atoms with Gasteiger partial charge in [0.05, 0.1) is 13.3 Å². The van der Waals surface area contributed by atoms with Crippen molar-refractivity contribution in [3.63, 3.8) is 0 Å². The molecule has 0 aromatic heterocycles. The van der Waals surface area contributed by atoms with Gasteiger partial charge in [0, 0.05) is 6.54 Å². The molecule has 0 aliphatic rings. The number of rotatable bonds is 8. The van der Waals surface area contributed by atoms with Gasteiger partial charge in [0.25, 0.3) is 0 Å². The molecule has 0 saturated heterocycles. The van der Waals surface area contributed by atoms with E-state index in [4.69, 9.17) is 9.47 Å². The molecule has 0 saturated carbocycles. The van der Waals surface area contributed by atoms with Crippen molar-refractivity contribution in [2.45, 2.75) is 20.0 Å². The van der Waals surface area contributed by atoms with E-state index >= 15 is 0 Å². The third-order valence-electron chi connectivity index (χ3n) is 3.55. The first-order valence-electron chi connectivity index (χ1n) is 8.60. The fourth-order valence-electron chi connectivity index (χ4n) is 2.15. The normalized spacial score (nSPS) is 10.4. The van der Waals surface area contributed by atoms with Gasteiger partial charge >= 0.3 is 11.8 Å². The maximum Gasteiger partial charge on any atom is 0.329 e. The highest BCUT2D eigenvalue weighted by Gasteiger charge is 2.11. The lowest BCUT2D eigenvalue weighted by molar-refractivity contribution is -0.139. The van der Waals surface area contributed by atoms with E-state index in [0.29, 0.717) is 30.2 Å². The Bertz CT molecular complexity index is 791. The van der Waals surface area contributed by atoms with E-state index in [1.807, 2.05) is 37.3 Å². The molecule has 0 spiro atoms. The summed E-state index contributed by atoms with van der Waals surface area (Å²) in [7, 11) is 1.55. The Hall–Kier alpha value is -3.35. The van der Waals surface area contributed by atoms with E-state index in [9.17, 15) is 9.59 Å². The smallest absolute Gasteiger partial charge is 0.329 e. The van der Waals surface area contributed by atoms with Crippen LogP contribution in [-0.4, -0.2) is 31.7 Å². The summed E-state index contributed by atoms with van der Waals surface area (Å²) in [5.41, 5.74) is 3.92. The minimum atomic E-state index is -0.811. The fourth-order valence-corrected chi connectivity index (χ4v) is 2.15. The van der Waals surface area contributed by atoms with Crippen LogP contribution in [0.1, 0.15) is 24.5 Å². The van der Waals surface area contributed by atoms with Crippen LogP contribution in [0.4, 0.5) is 0 Å². The molecule has 0 unspecified atom stereocenters. The molecule has 0 heterocycles. The lowest BCUT2D eigenvalue weighted by Gasteiger charge is -2.11. The summed E-state index contributed by atoms with van der Waals surface area (Å²) in [6, 6.07) is 15.1. The Morgan fingerprint density at radius 1 is 1.07 bits per heavy atom. The quantitative estimate of drug-likeness (QED) is 0.424. The van der Waals surface area contributed by atoms with Crippen LogP contribution in [0.5, 0.6) is 11.5 Å². The number of nitrogens with one attached hydrogen (secondary N) is 2. The number of benzene rings is 2. The van der Waals surface area contributed by atoms with Gasteiger partial charge in [-0.2, -0.15) is 5.10 Å². The number of hydrazone groups is 1. The number of amides is 2. The van der Waals surface area contributed by atoms with E-state index < -0.39 is 11.8 Å². The zero-order valence-corrected chi connectivity index (χ0v) is 15.4. The second kappa shape index (κ2) is 10.6. The van der Waals surface area contributed by atoms with Gasteiger partial charge in [0.2, 0.25) is 0 Å². The minimum Gasteiger partial charge on any atom is -0.493 e. The van der Waals surface area contributed by atoms with Crippen molar-refractivity contribution >= 4 is 18.0 Å². The molecule has 0 fully saturated rings. The standard InChI is InChI=1S/C20H23N3O4/c1-3-11-21-19(24)20(25)23-22-13-16-9-10-17(18(12-16)26-2)27-14-15-7-5-4-6-8-15/h4-10,12-13H,3,11,14H2,1-2H3,(H,21,24)(H,23,25)/b22-13-. The molecule has 27 heavy (non-hydrogen) atoms. The number of carbonyl (C=O) groups is 2. The summed E-state index contributed by atoms with van der Waals surface area (Å²) in [5.74, 6) is -0.380. The predicted octanol–water partition coefficient (Wildman–Crippen LogP) is 2.25. The second-order valence-corrected chi connectivity index (χ2v) is 5.64. The van der Waals surface area contributed by atoms with Crippen LogP contribution in [0.3, 0.4) is 0 Å². The molecule has 7 nitrogen and oxygen atoms in total. The third-order valence-corrected chi connectivity index (χ3v) is 3.55. The molecule has 7 heteroatoms. The highest BCUT2D eigenvalue weighted by molar-refractivity contribution is 6.35. The molecule has 2 N–H and O–H groups in total. The van der Waals surface area contributed by atoms with Crippen molar-refractivity contribution in [2.24, 2.45) is 5.10 Å². The summed E-state index contributed by atoms with van der Waals surface area (Å²) < 4.78 is 11.1. The van der Waals surface area contributed by atoms with Crippen LogP contribution in [0.25, 0.3) is 0 Å². The Labute approximate surface area is 158 Å². The molecule has 2 aromatic carbocycles. The molecule has 0 radical (unpaired) electrons. The lowest BCUT2D eigenvalue weighted by Crippen LogP contribution is -2.38. The Kier molecular flexibility index (Phi) is 7.84. The summed E-state index contributed by atoms with van der Waals surface area (Å²) in [5, 5.41) is 6.26. The van der Waals surface area contributed by atoms with E-state index in [0.717, 1.165) is 12.0 Å². The third kappa shape index (κ3) is 6.47. The Morgan fingerprint density at radius 3 is 2.56 bits per heavy atom. The van der Waals surface area contributed by atoms with Crippen LogP contribution in [0, 0.1) is 0 Å². The van der Waals surface area contributed by atoms with Crippen LogP contribution in [-0.2, 0) is 16.2 Å². The molecule has 0 atom stereocenters. The number of carbonyl (C=O) groups excluding carboxylic acids is 2. The van der Waals surface area contributed by atoms with Crippen molar-refractivity contribution in [1.82, 2.24) is 10.7 Å². The van der Waals surface area contributed by atoms with Gasteiger partial charge in [-0.3, -0.25) is 9.59 Å². The second-order valence-electron chi connectivity index (χ2n) is 5.64. The van der Waals surface area contributed by atoms with E-state index in [1.54, 1.807) is 25.3 Å². The van der Waals surface area contributed by atoms with Crippen molar-refractivity contribution in [2.75, 3.05) is 13.7 Å². The van der Waals surface area contributed by atoms with Gasteiger partial charge in [-0.05, 0) is 35.7 Å². The molecule has 2 aromatic rings. The summed E-state index contributed by atoms with van der Waals surface area (Å²) in [6.45, 7) is 2.77. The molecular weight excluding hydrogens is 346 g/mol. The first-order valence-corrected chi connectivity index (χ1v) is 8.60.